The van der Waals surface area contributed by atoms with Gasteiger partial charge in [0.15, 0.2) is 5.78 Å². The number of piperidine rings is 1. The number of aromatic hydroxyl groups is 1. The maximum absolute atomic E-state index is 12.6. The zero-order valence-corrected chi connectivity index (χ0v) is 27.8. The fraction of sp³-hybridized carbons (Fsp3) is 0.559. The highest BCUT2D eigenvalue weighted by Crippen LogP contribution is 2.37. The topological polar surface area (TPSA) is 119 Å². The number of Topliss-reactive ketones (excluding diaryl/α,β-unsaturated/α-hetero) is 1. The predicted octanol–water partition coefficient (Wildman–Crippen LogP) is 7.43. The first kappa shape index (κ1) is 38.4. The van der Waals surface area contributed by atoms with Gasteiger partial charge >= 0.3 is 18.2 Å². The molecule has 4 rings (SSSR count). The van der Waals surface area contributed by atoms with Gasteiger partial charge in [-0.2, -0.15) is 13.2 Å². The molecule has 12 heteroatoms. The van der Waals surface area contributed by atoms with Crippen LogP contribution in [0.2, 0.25) is 0 Å². The molecule has 0 saturated carbocycles. The molecular weight excluding hydrogens is 599 g/mol. The first-order valence-electron chi connectivity index (χ1n) is 16.0. The van der Waals surface area contributed by atoms with Gasteiger partial charge in [-0.3, -0.25) is 9.80 Å². The molecule has 46 heavy (non-hydrogen) atoms. The molecular formula is C34H50F3N5O4. The van der Waals surface area contributed by atoms with Crippen molar-refractivity contribution in [3.63, 3.8) is 0 Å². The standard InChI is InChI=1S/C18H25N5O3.C9H9F3O.C7H16/c1-13(24)12-23(19)18(26)21-9-7-15(8-10-21)22-11-6-14-4-2-3-5-16(14)20-17(22)25;1-5-3-6(2)8(13)7(4-5)9(10,11)12;1-3-5-7-6-4-2/h2-5,15H,6-12,19H2,1H3,(H,20,25);3-4,13H,1-2H3;3-7H2,1-2H3. The van der Waals surface area contributed by atoms with Crippen LogP contribution in [0.15, 0.2) is 36.4 Å². The zero-order chi connectivity index (χ0) is 34.4. The number of likely N-dealkylation sites (tertiary alicyclic amines) is 1. The van der Waals surface area contributed by atoms with E-state index in [1.54, 1.807) is 11.8 Å². The number of rotatable bonds is 7. The van der Waals surface area contributed by atoms with Crippen molar-refractivity contribution in [2.24, 2.45) is 5.84 Å². The maximum atomic E-state index is 12.6. The van der Waals surface area contributed by atoms with E-state index in [0.29, 0.717) is 38.0 Å². The largest absolute Gasteiger partial charge is 0.507 e. The summed E-state index contributed by atoms with van der Waals surface area (Å²) in [7, 11) is 0. The molecule has 1 fully saturated rings. The number of hydrazine groups is 1. The Balaban J connectivity index is 0.000000305. The number of carbonyl (C=O) groups excluding carboxylic acids is 3. The number of ketones is 1. The number of phenolic OH excluding ortho intramolecular Hbond substituents is 1. The molecule has 0 spiro atoms. The number of nitrogens with one attached hydrogen (secondary N) is 1. The Kier molecular flexibility index (Phi) is 15.3. The van der Waals surface area contributed by atoms with Gasteiger partial charge < -0.3 is 20.2 Å². The van der Waals surface area contributed by atoms with Gasteiger partial charge in [-0.25, -0.2) is 15.4 Å². The second kappa shape index (κ2) is 18.4. The van der Waals surface area contributed by atoms with Crippen LogP contribution in [0.5, 0.6) is 5.75 Å². The monoisotopic (exact) mass is 649 g/mol. The lowest BCUT2D eigenvalue weighted by Crippen LogP contribution is -2.54. The molecule has 2 aromatic rings. The first-order valence-corrected chi connectivity index (χ1v) is 16.0. The van der Waals surface area contributed by atoms with Crippen LogP contribution in [0, 0.1) is 13.8 Å². The molecule has 4 amide bonds. The van der Waals surface area contributed by atoms with Gasteiger partial charge in [-0.05, 0) is 68.9 Å². The number of para-hydroxylation sites is 1. The van der Waals surface area contributed by atoms with Crippen LogP contribution in [0.25, 0.3) is 0 Å². The van der Waals surface area contributed by atoms with Crippen molar-refractivity contribution in [2.45, 2.75) is 98.2 Å². The minimum atomic E-state index is -4.49. The lowest BCUT2D eigenvalue weighted by atomic mass is 10.0. The number of hydrogen-bond acceptors (Lipinski definition) is 5. The Morgan fingerprint density at radius 1 is 1.02 bits per heavy atom. The molecule has 2 aliphatic rings. The number of fused-ring (bicyclic) bond motifs is 1. The van der Waals surface area contributed by atoms with Crippen molar-refractivity contribution in [1.82, 2.24) is 14.8 Å². The molecule has 2 aromatic carbocycles. The van der Waals surface area contributed by atoms with Crippen molar-refractivity contribution in [3.05, 3.63) is 58.7 Å². The second-order valence-corrected chi connectivity index (χ2v) is 11.9. The van der Waals surface area contributed by atoms with Crippen LogP contribution in [0.3, 0.4) is 0 Å². The number of halogens is 3. The van der Waals surface area contributed by atoms with Crippen molar-refractivity contribution in [3.8, 4) is 5.75 Å². The predicted molar refractivity (Wildman–Crippen MR) is 174 cm³/mol. The molecule has 0 radical (unpaired) electrons. The number of benzene rings is 2. The smallest absolute Gasteiger partial charge is 0.419 e. The fourth-order valence-electron chi connectivity index (χ4n) is 5.45. The molecule has 2 heterocycles. The number of nitrogens with zero attached hydrogens (tertiary/aromatic N) is 3. The van der Waals surface area contributed by atoms with Gasteiger partial charge in [-0.1, -0.05) is 70.2 Å². The molecule has 4 N–H and O–H groups in total. The molecule has 9 nitrogen and oxygen atoms in total. The third-order valence-electron chi connectivity index (χ3n) is 7.91. The Hall–Kier alpha value is -3.80. The van der Waals surface area contributed by atoms with E-state index in [4.69, 9.17) is 10.9 Å². The number of urea groups is 2. The molecule has 0 aliphatic carbocycles. The summed E-state index contributed by atoms with van der Waals surface area (Å²) in [6.45, 7) is 10.5. The minimum Gasteiger partial charge on any atom is -0.507 e. The van der Waals surface area contributed by atoms with Gasteiger partial charge in [0.25, 0.3) is 0 Å². The van der Waals surface area contributed by atoms with E-state index in [0.717, 1.165) is 28.7 Å². The zero-order valence-electron chi connectivity index (χ0n) is 27.8. The molecule has 1 saturated heterocycles. The average molecular weight is 650 g/mol. The average Bonchev–Trinajstić information content (AvgIpc) is 3.17. The molecule has 2 aliphatic heterocycles. The number of nitrogens with two attached hydrogens (primary N) is 1. The Morgan fingerprint density at radius 2 is 1.63 bits per heavy atom. The van der Waals surface area contributed by atoms with Crippen LogP contribution >= 0.6 is 0 Å². The third kappa shape index (κ3) is 11.9. The van der Waals surface area contributed by atoms with Crippen LogP contribution in [-0.2, 0) is 17.4 Å². The van der Waals surface area contributed by atoms with E-state index in [-0.39, 0.29) is 36.0 Å². The highest BCUT2D eigenvalue weighted by molar-refractivity contribution is 5.91. The van der Waals surface area contributed by atoms with Gasteiger partial charge in [0.1, 0.15) is 5.75 Å². The van der Waals surface area contributed by atoms with Crippen LogP contribution < -0.4 is 11.2 Å². The Morgan fingerprint density at radius 3 is 2.20 bits per heavy atom. The van der Waals surface area contributed by atoms with E-state index in [9.17, 15) is 27.6 Å². The van der Waals surface area contributed by atoms with E-state index < -0.39 is 17.5 Å². The van der Waals surface area contributed by atoms with Crippen molar-refractivity contribution in [2.75, 3.05) is 31.5 Å². The molecule has 0 bridgehead atoms. The summed E-state index contributed by atoms with van der Waals surface area (Å²) in [5, 5.41) is 13.1. The van der Waals surface area contributed by atoms with Crippen LogP contribution in [-0.4, -0.2) is 70.0 Å². The summed E-state index contributed by atoms with van der Waals surface area (Å²) < 4.78 is 36.7. The normalized spacial score (nSPS) is 14.9. The van der Waals surface area contributed by atoms with Crippen molar-refractivity contribution in [1.29, 1.82) is 0 Å². The van der Waals surface area contributed by atoms with E-state index in [1.165, 1.54) is 52.0 Å². The van der Waals surface area contributed by atoms with Crippen molar-refractivity contribution < 1.29 is 32.7 Å². The summed E-state index contributed by atoms with van der Waals surface area (Å²) in [5.41, 5.74) is 1.77. The number of phenols is 1. The number of alkyl halides is 3. The second-order valence-electron chi connectivity index (χ2n) is 11.9. The number of amides is 4. The van der Waals surface area contributed by atoms with E-state index in [1.807, 2.05) is 29.2 Å². The molecule has 0 aromatic heterocycles. The quantitative estimate of drug-likeness (QED) is 0.125. The SMILES string of the molecule is CC(=O)CN(N)C(=O)N1CCC(N2CCc3ccccc3NC2=O)CC1.CCCCCCC.Cc1cc(C)c(O)c(C(F)(F)F)c1. The molecule has 0 unspecified atom stereocenters. The number of anilines is 1. The highest BCUT2D eigenvalue weighted by atomic mass is 19.4. The number of aryl methyl sites for hydroxylation is 2. The lowest BCUT2D eigenvalue weighted by Gasteiger charge is -2.38. The van der Waals surface area contributed by atoms with Gasteiger partial charge in [0, 0.05) is 31.4 Å². The molecule has 256 valence electrons. The Bertz CT molecular complexity index is 1290. The van der Waals surface area contributed by atoms with Gasteiger partial charge in [0.05, 0.1) is 12.1 Å². The third-order valence-corrected chi connectivity index (χ3v) is 7.91. The molecule has 0 atom stereocenters. The fourth-order valence-corrected chi connectivity index (χ4v) is 5.45. The van der Waals surface area contributed by atoms with E-state index in [2.05, 4.69) is 19.2 Å². The summed E-state index contributed by atoms with van der Waals surface area (Å²) >= 11 is 0. The number of carbonyl (C=O) groups is 3. The number of unbranched alkanes of at least 4 members (excludes halogenated alkanes) is 4. The van der Waals surface area contributed by atoms with Crippen LogP contribution in [0.1, 0.15) is 88.0 Å². The summed E-state index contributed by atoms with van der Waals surface area (Å²) in [5.74, 6) is 4.83. The maximum Gasteiger partial charge on any atom is 0.419 e. The lowest BCUT2D eigenvalue weighted by molar-refractivity contribution is -0.138. The van der Waals surface area contributed by atoms with E-state index >= 15 is 0 Å². The summed E-state index contributed by atoms with van der Waals surface area (Å²) in [4.78, 5) is 39.5. The summed E-state index contributed by atoms with van der Waals surface area (Å²) in [6.07, 6.45) is 4.73. The van der Waals surface area contributed by atoms with Crippen molar-refractivity contribution >= 4 is 23.5 Å². The number of hydrogen-bond donors (Lipinski definition) is 3. The van der Waals surface area contributed by atoms with Crippen LogP contribution in [0.4, 0.5) is 28.4 Å². The first-order chi connectivity index (χ1) is 21.7. The minimum absolute atomic E-state index is 0.0863. The highest BCUT2D eigenvalue weighted by Gasteiger charge is 2.35. The Labute approximate surface area is 270 Å². The van der Waals surface area contributed by atoms with Gasteiger partial charge in [0.2, 0.25) is 0 Å². The summed E-state index contributed by atoms with van der Waals surface area (Å²) in [6, 6.07) is 9.94. The van der Waals surface area contributed by atoms with Gasteiger partial charge in [-0.15, -0.1) is 0 Å².